The number of carbonyl (C=O) groups is 1. The largest absolute Gasteiger partial charge is 0.481 e. The molecule has 94 valence electrons. The number of nitrogens with two attached hydrogens (primary N) is 1. The molecule has 1 heterocycles. The van der Waals surface area contributed by atoms with Gasteiger partial charge in [-0.05, 0) is 52.1 Å². The van der Waals surface area contributed by atoms with Gasteiger partial charge in [-0.15, -0.1) is 0 Å². The lowest BCUT2D eigenvalue weighted by molar-refractivity contribution is -0.148. The topological polar surface area (TPSA) is 66.6 Å². The second-order valence-corrected chi connectivity index (χ2v) is 5.51. The maximum absolute atomic E-state index is 11.1. The van der Waals surface area contributed by atoms with E-state index < -0.39 is 11.4 Å². The summed E-state index contributed by atoms with van der Waals surface area (Å²) in [5, 5.41) is 9.09. The van der Waals surface area contributed by atoms with E-state index in [2.05, 4.69) is 4.90 Å². The molecule has 0 spiro atoms. The Morgan fingerprint density at radius 3 is 2.81 bits per heavy atom. The monoisotopic (exact) mass is 228 g/mol. The van der Waals surface area contributed by atoms with Crippen LogP contribution in [0.25, 0.3) is 0 Å². The number of carboxylic acids is 1. The van der Waals surface area contributed by atoms with Crippen LogP contribution in [0, 0.1) is 11.3 Å². The molecule has 0 aromatic heterocycles. The highest BCUT2D eigenvalue weighted by Crippen LogP contribution is 2.24. The van der Waals surface area contributed by atoms with Gasteiger partial charge >= 0.3 is 5.97 Å². The van der Waals surface area contributed by atoms with Crippen LogP contribution in [0.3, 0.4) is 0 Å². The van der Waals surface area contributed by atoms with Gasteiger partial charge in [0, 0.05) is 13.1 Å². The third-order valence-electron chi connectivity index (χ3n) is 3.38. The van der Waals surface area contributed by atoms with Gasteiger partial charge in [-0.2, -0.15) is 0 Å². The molecule has 0 bridgehead atoms. The minimum absolute atomic E-state index is 0.642. The van der Waals surface area contributed by atoms with Crippen LogP contribution in [0.15, 0.2) is 0 Å². The maximum Gasteiger partial charge on any atom is 0.310 e. The Hall–Kier alpha value is -0.610. The van der Waals surface area contributed by atoms with Gasteiger partial charge in [0.15, 0.2) is 0 Å². The van der Waals surface area contributed by atoms with E-state index in [0.29, 0.717) is 12.5 Å². The molecule has 4 nitrogen and oxygen atoms in total. The van der Waals surface area contributed by atoms with Gasteiger partial charge in [0.05, 0.1) is 5.41 Å². The molecule has 0 saturated carbocycles. The molecule has 1 saturated heterocycles. The number of hydrogen-bond acceptors (Lipinski definition) is 3. The fraction of sp³-hybridized carbons (Fsp3) is 0.917. The smallest absolute Gasteiger partial charge is 0.310 e. The predicted molar refractivity (Wildman–Crippen MR) is 64.3 cm³/mol. The number of hydrogen-bond donors (Lipinski definition) is 2. The lowest BCUT2D eigenvalue weighted by atomic mass is 9.89. The van der Waals surface area contributed by atoms with E-state index in [9.17, 15) is 4.79 Å². The molecule has 0 aromatic carbocycles. The van der Waals surface area contributed by atoms with Crippen LogP contribution in [0.1, 0.15) is 33.1 Å². The number of rotatable bonds is 5. The molecule has 1 unspecified atom stereocenters. The van der Waals surface area contributed by atoms with E-state index in [4.69, 9.17) is 10.8 Å². The number of aliphatic carboxylic acids is 1. The Bertz CT molecular complexity index is 239. The van der Waals surface area contributed by atoms with Gasteiger partial charge in [-0.1, -0.05) is 0 Å². The van der Waals surface area contributed by atoms with Crippen molar-refractivity contribution in [3.63, 3.8) is 0 Å². The first-order valence-corrected chi connectivity index (χ1v) is 6.11. The molecule has 0 radical (unpaired) electrons. The molecule has 1 aliphatic rings. The lowest BCUT2D eigenvalue weighted by Crippen LogP contribution is -2.44. The SMILES string of the molecule is CC(C)(CN1CCCC(CCN)C1)C(=O)O. The van der Waals surface area contributed by atoms with Crippen molar-refractivity contribution in [3.05, 3.63) is 0 Å². The second kappa shape index (κ2) is 5.64. The third kappa shape index (κ3) is 3.76. The summed E-state index contributed by atoms with van der Waals surface area (Å²) < 4.78 is 0. The quantitative estimate of drug-likeness (QED) is 0.741. The highest BCUT2D eigenvalue weighted by Gasteiger charge is 2.31. The molecule has 1 aliphatic heterocycles. The third-order valence-corrected chi connectivity index (χ3v) is 3.38. The molecule has 0 aromatic rings. The summed E-state index contributed by atoms with van der Waals surface area (Å²) in [6, 6.07) is 0. The van der Waals surface area contributed by atoms with Crippen LogP contribution in [0.5, 0.6) is 0 Å². The average Bonchev–Trinajstić information content (AvgIpc) is 2.17. The van der Waals surface area contributed by atoms with Crippen molar-refractivity contribution in [2.75, 3.05) is 26.2 Å². The zero-order valence-electron chi connectivity index (χ0n) is 10.4. The zero-order valence-corrected chi connectivity index (χ0v) is 10.4. The van der Waals surface area contributed by atoms with Crippen molar-refractivity contribution in [1.82, 2.24) is 4.90 Å². The zero-order chi connectivity index (χ0) is 12.2. The van der Waals surface area contributed by atoms with Crippen molar-refractivity contribution in [3.8, 4) is 0 Å². The van der Waals surface area contributed by atoms with Gasteiger partial charge in [-0.3, -0.25) is 4.79 Å². The summed E-state index contributed by atoms with van der Waals surface area (Å²) in [6.45, 7) is 7.00. The minimum atomic E-state index is -0.714. The molecule has 0 aliphatic carbocycles. The number of carboxylic acid groups (broad SMARTS) is 1. The van der Waals surface area contributed by atoms with Crippen molar-refractivity contribution in [2.24, 2.45) is 17.1 Å². The molecular formula is C12H24N2O2. The van der Waals surface area contributed by atoms with E-state index in [1.54, 1.807) is 13.8 Å². The van der Waals surface area contributed by atoms with Gasteiger partial charge < -0.3 is 15.7 Å². The Morgan fingerprint density at radius 1 is 1.56 bits per heavy atom. The van der Waals surface area contributed by atoms with Crippen molar-refractivity contribution >= 4 is 5.97 Å². The second-order valence-electron chi connectivity index (χ2n) is 5.51. The standard InChI is InChI=1S/C12H24N2O2/c1-12(2,11(15)16)9-14-7-3-4-10(8-14)5-6-13/h10H,3-9,13H2,1-2H3,(H,15,16). The molecule has 16 heavy (non-hydrogen) atoms. The van der Waals surface area contributed by atoms with Crippen LogP contribution < -0.4 is 5.73 Å². The van der Waals surface area contributed by atoms with Crippen molar-refractivity contribution < 1.29 is 9.90 Å². The van der Waals surface area contributed by atoms with Crippen LogP contribution >= 0.6 is 0 Å². The molecular weight excluding hydrogens is 204 g/mol. The Balaban J connectivity index is 2.45. The Morgan fingerprint density at radius 2 is 2.25 bits per heavy atom. The average molecular weight is 228 g/mol. The maximum atomic E-state index is 11.1. The highest BCUT2D eigenvalue weighted by atomic mass is 16.4. The summed E-state index contributed by atoms with van der Waals surface area (Å²) in [5.74, 6) is -0.0585. The first-order valence-electron chi connectivity index (χ1n) is 6.11. The Labute approximate surface area is 97.8 Å². The van der Waals surface area contributed by atoms with E-state index in [-0.39, 0.29) is 0 Å². The number of piperidine rings is 1. The highest BCUT2D eigenvalue weighted by molar-refractivity contribution is 5.73. The minimum Gasteiger partial charge on any atom is -0.481 e. The molecule has 4 heteroatoms. The first-order chi connectivity index (χ1) is 7.45. The fourth-order valence-electron chi connectivity index (χ4n) is 2.39. The summed E-state index contributed by atoms with van der Waals surface area (Å²) in [6.07, 6.45) is 3.46. The lowest BCUT2D eigenvalue weighted by Gasteiger charge is -2.36. The van der Waals surface area contributed by atoms with E-state index in [0.717, 1.165) is 26.1 Å². The van der Waals surface area contributed by atoms with Crippen LogP contribution in [-0.2, 0) is 4.79 Å². The summed E-state index contributed by atoms with van der Waals surface area (Å²) in [5.41, 5.74) is 4.92. The molecule has 1 atom stereocenters. The summed E-state index contributed by atoms with van der Waals surface area (Å²) in [4.78, 5) is 13.3. The number of likely N-dealkylation sites (tertiary alicyclic amines) is 1. The molecule has 0 amide bonds. The molecule has 1 rings (SSSR count). The normalized spacial score (nSPS) is 23.3. The van der Waals surface area contributed by atoms with Gasteiger partial charge in [0.2, 0.25) is 0 Å². The van der Waals surface area contributed by atoms with Crippen molar-refractivity contribution in [2.45, 2.75) is 33.1 Å². The van der Waals surface area contributed by atoms with E-state index in [1.807, 2.05) is 0 Å². The van der Waals surface area contributed by atoms with E-state index >= 15 is 0 Å². The van der Waals surface area contributed by atoms with E-state index in [1.165, 1.54) is 12.8 Å². The fourth-order valence-corrected chi connectivity index (χ4v) is 2.39. The van der Waals surface area contributed by atoms with Crippen LogP contribution in [0.2, 0.25) is 0 Å². The Kier molecular flexibility index (Phi) is 4.74. The summed E-state index contributed by atoms with van der Waals surface area (Å²) in [7, 11) is 0. The number of nitrogens with zero attached hydrogens (tertiary/aromatic N) is 1. The molecule has 3 N–H and O–H groups in total. The van der Waals surface area contributed by atoms with Gasteiger partial charge in [0.25, 0.3) is 0 Å². The predicted octanol–water partition coefficient (Wildman–Crippen LogP) is 1.16. The van der Waals surface area contributed by atoms with Crippen LogP contribution in [-0.4, -0.2) is 42.2 Å². The van der Waals surface area contributed by atoms with Gasteiger partial charge in [-0.25, -0.2) is 0 Å². The summed E-state index contributed by atoms with van der Waals surface area (Å²) >= 11 is 0. The van der Waals surface area contributed by atoms with Crippen molar-refractivity contribution in [1.29, 1.82) is 0 Å². The van der Waals surface area contributed by atoms with Crippen LogP contribution in [0.4, 0.5) is 0 Å². The first kappa shape index (κ1) is 13.5. The molecule has 1 fully saturated rings. The van der Waals surface area contributed by atoms with Gasteiger partial charge in [0.1, 0.15) is 0 Å².